The van der Waals surface area contributed by atoms with Crippen LogP contribution in [0.15, 0.2) is 11.6 Å². The third-order valence-corrected chi connectivity index (χ3v) is 3.92. The van der Waals surface area contributed by atoms with E-state index in [4.69, 9.17) is 19.6 Å². The van der Waals surface area contributed by atoms with Gasteiger partial charge in [0.2, 0.25) is 0 Å². The lowest BCUT2D eigenvalue weighted by molar-refractivity contribution is 0.211. The van der Waals surface area contributed by atoms with Gasteiger partial charge in [0, 0.05) is 0 Å². The summed E-state index contributed by atoms with van der Waals surface area (Å²) in [5.74, 6) is 0. The molecule has 0 aromatic carbocycles. The molecule has 0 heterocycles. The molecule has 0 N–H and O–H groups in total. The lowest BCUT2D eigenvalue weighted by Gasteiger charge is -2.16. The number of hydrogen-bond donors (Lipinski definition) is 0. The summed E-state index contributed by atoms with van der Waals surface area (Å²) in [7, 11) is -3.18. The van der Waals surface area contributed by atoms with Crippen LogP contribution in [0.2, 0.25) is 0 Å². The van der Waals surface area contributed by atoms with Crippen LogP contribution in [0.4, 0.5) is 0 Å². The average molecular weight is 270 g/mol. The summed E-state index contributed by atoms with van der Waals surface area (Å²) in [6.07, 6.45) is 3.17. The van der Waals surface area contributed by atoms with Gasteiger partial charge in [0.25, 0.3) is 0 Å². The summed E-state index contributed by atoms with van der Waals surface area (Å²) in [6.45, 7) is 4.10. The Hall–Kier alpha value is -1.13. The normalized spacial score (nSPS) is 10.4. The van der Waals surface area contributed by atoms with E-state index in [0.29, 0.717) is 6.42 Å². The van der Waals surface area contributed by atoms with Gasteiger partial charge in [-0.2, -0.15) is 10.5 Å². The first-order chi connectivity index (χ1) is 8.54. The van der Waals surface area contributed by atoms with Crippen molar-refractivity contribution >= 4 is 7.60 Å². The molecule has 18 heavy (non-hydrogen) atoms. The maximum absolute atomic E-state index is 12.3. The summed E-state index contributed by atoms with van der Waals surface area (Å²) in [4.78, 5) is 0. The second-order valence-electron chi connectivity index (χ2n) is 3.89. The third-order valence-electron chi connectivity index (χ3n) is 1.96. The van der Waals surface area contributed by atoms with Crippen molar-refractivity contribution in [1.82, 2.24) is 0 Å². The highest BCUT2D eigenvalue weighted by molar-refractivity contribution is 7.53. The minimum absolute atomic E-state index is 0.0924. The summed E-state index contributed by atoms with van der Waals surface area (Å²) in [5.41, 5.74) is 1.13. The molecule has 0 aromatic rings. The Kier molecular flexibility index (Phi) is 9.24. The molecule has 0 amide bonds. The average Bonchev–Trinajstić information content (AvgIpc) is 2.29. The minimum atomic E-state index is -3.18. The van der Waals surface area contributed by atoms with E-state index in [2.05, 4.69) is 0 Å². The predicted octanol–water partition coefficient (Wildman–Crippen LogP) is 3.40. The van der Waals surface area contributed by atoms with Gasteiger partial charge in [-0.05, 0) is 20.3 Å². The lowest BCUT2D eigenvalue weighted by atomic mass is 10.3. The molecule has 0 aliphatic rings. The highest BCUT2D eigenvalue weighted by Gasteiger charge is 2.23. The third kappa shape index (κ3) is 8.96. The Labute approximate surface area is 109 Å². The summed E-state index contributed by atoms with van der Waals surface area (Å²) < 4.78 is 22.6. The molecule has 0 radical (unpaired) electrons. The Morgan fingerprint density at radius 3 is 2.06 bits per heavy atom. The first-order valence-electron chi connectivity index (χ1n) is 5.79. The van der Waals surface area contributed by atoms with Crippen LogP contribution in [0.5, 0.6) is 0 Å². The van der Waals surface area contributed by atoms with E-state index in [1.54, 1.807) is 0 Å². The molecule has 0 atom stereocenters. The second kappa shape index (κ2) is 9.85. The number of allylic oxidation sites excluding steroid dienone is 2. The smallest absolute Gasteiger partial charge is 0.307 e. The monoisotopic (exact) mass is 270 g/mol. The molecule has 0 bridgehead atoms. The number of nitrogens with zero attached hydrogens (tertiary/aromatic N) is 2. The molecule has 0 saturated heterocycles. The van der Waals surface area contributed by atoms with Crippen molar-refractivity contribution in [2.24, 2.45) is 0 Å². The molecule has 0 spiro atoms. The standard InChI is InChI=1S/C12H19N2O3P/c1-12(2)6-3-11-18(15,16-9-4-7-13)17-10-5-8-14/h6H,3-5,9-11H2,1-2H3. The SMILES string of the molecule is CC(C)=CCCP(=O)(OCCC#N)OCCC#N. The summed E-state index contributed by atoms with van der Waals surface area (Å²) in [6, 6.07) is 3.83. The topological polar surface area (TPSA) is 83.1 Å². The Morgan fingerprint density at radius 1 is 1.17 bits per heavy atom. The van der Waals surface area contributed by atoms with Gasteiger partial charge in [0.05, 0.1) is 44.4 Å². The molecule has 0 unspecified atom stereocenters. The van der Waals surface area contributed by atoms with Crippen LogP contribution >= 0.6 is 7.60 Å². The highest BCUT2D eigenvalue weighted by atomic mass is 31.2. The quantitative estimate of drug-likeness (QED) is 0.364. The Balaban J connectivity index is 4.31. The van der Waals surface area contributed by atoms with Crippen molar-refractivity contribution in [2.45, 2.75) is 33.1 Å². The van der Waals surface area contributed by atoms with Crippen molar-refractivity contribution in [3.05, 3.63) is 11.6 Å². The second-order valence-corrected chi connectivity index (χ2v) is 6.07. The fraction of sp³-hybridized carbons (Fsp3) is 0.667. The van der Waals surface area contributed by atoms with Crippen LogP contribution in [-0.2, 0) is 13.6 Å². The zero-order valence-corrected chi connectivity index (χ0v) is 11.8. The van der Waals surface area contributed by atoms with Crippen LogP contribution in [0.25, 0.3) is 0 Å². The van der Waals surface area contributed by atoms with E-state index in [1.165, 1.54) is 0 Å². The van der Waals surface area contributed by atoms with Gasteiger partial charge in [-0.25, -0.2) is 0 Å². The van der Waals surface area contributed by atoms with Crippen LogP contribution in [0.1, 0.15) is 33.1 Å². The Morgan fingerprint density at radius 2 is 1.67 bits per heavy atom. The van der Waals surface area contributed by atoms with E-state index in [9.17, 15) is 4.57 Å². The van der Waals surface area contributed by atoms with Gasteiger partial charge in [-0.3, -0.25) is 4.57 Å². The van der Waals surface area contributed by atoms with Gasteiger partial charge in [-0.1, -0.05) is 11.6 Å². The van der Waals surface area contributed by atoms with Crippen LogP contribution in [0, 0.1) is 22.7 Å². The lowest BCUT2D eigenvalue weighted by Crippen LogP contribution is -2.02. The fourth-order valence-corrected chi connectivity index (χ4v) is 2.66. The van der Waals surface area contributed by atoms with Gasteiger partial charge in [0.1, 0.15) is 0 Å². The highest BCUT2D eigenvalue weighted by Crippen LogP contribution is 2.49. The van der Waals surface area contributed by atoms with Crippen molar-refractivity contribution in [1.29, 1.82) is 10.5 Å². The van der Waals surface area contributed by atoms with Crippen molar-refractivity contribution in [2.75, 3.05) is 19.4 Å². The largest absolute Gasteiger partial charge is 0.331 e. The van der Waals surface area contributed by atoms with Crippen molar-refractivity contribution < 1.29 is 13.6 Å². The molecule has 0 aromatic heterocycles. The Bertz CT molecular complexity index is 365. The summed E-state index contributed by atoms with van der Waals surface area (Å²) >= 11 is 0. The number of rotatable bonds is 9. The van der Waals surface area contributed by atoms with Gasteiger partial charge < -0.3 is 9.05 Å². The molecular weight excluding hydrogens is 251 g/mol. The van der Waals surface area contributed by atoms with Gasteiger partial charge >= 0.3 is 7.60 Å². The number of nitriles is 2. The molecule has 0 fully saturated rings. The molecule has 100 valence electrons. The van der Waals surface area contributed by atoms with Crippen LogP contribution in [0.3, 0.4) is 0 Å². The fourth-order valence-electron chi connectivity index (χ4n) is 1.14. The first-order valence-corrected chi connectivity index (χ1v) is 7.52. The molecule has 0 saturated carbocycles. The van der Waals surface area contributed by atoms with Gasteiger partial charge in [-0.15, -0.1) is 0 Å². The van der Waals surface area contributed by atoms with Crippen LogP contribution < -0.4 is 0 Å². The number of hydrogen-bond acceptors (Lipinski definition) is 5. The van der Waals surface area contributed by atoms with Crippen molar-refractivity contribution in [3.8, 4) is 12.1 Å². The molecule has 0 rings (SSSR count). The van der Waals surface area contributed by atoms with E-state index < -0.39 is 7.60 Å². The maximum Gasteiger partial charge on any atom is 0.331 e. The summed E-state index contributed by atoms with van der Waals surface area (Å²) in [5, 5.41) is 16.8. The minimum Gasteiger partial charge on any atom is -0.307 e. The maximum atomic E-state index is 12.3. The zero-order valence-electron chi connectivity index (χ0n) is 10.9. The molecular formula is C12H19N2O3P. The van der Waals surface area contributed by atoms with E-state index in [1.807, 2.05) is 32.1 Å². The zero-order chi connectivity index (χ0) is 13.9. The van der Waals surface area contributed by atoms with E-state index in [0.717, 1.165) is 5.57 Å². The molecule has 5 nitrogen and oxygen atoms in total. The van der Waals surface area contributed by atoms with E-state index >= 15 is 0 Å². The van der Waals surface area contributed by atoms with Crippen molar-refractivity contribution in [3.63, 3.8) is 0 Å². The predicted molar refractivity (Wildman–Crippen MR) is 68.9 cm³/mol. The van der Waals surface area contributed by atoms with E-state index in [-0.39, 0.29) is 32.2 Å². The van der Waals surface area contributed by atoms with Crippen LogP contribution in [-0.4, -0.2) is 19.4 Å². The molecule has 0 aliphatic heterocycles. The molecule has 0 aliphatic carbocycles. The van der Waals surface area contributed by atoms with Gasteiger partial charge in [0.15, 0.2) is 0 Å². The molecule has 6 heteroatoms. The first kappa shape index (κ1) is 16.9.